The molecule has 0 bridgehead atoms. The molecule has 0 spiro atoms. The van der Waals surface area contributed by atoms with E-state index in [1.807, 2.05) is 24.5 Å². The molecule has 1 aromatic heterocycles. The maximum atomic E-state index is 4.88. The van der Waals surface area contributed by atoms with Crippen molar-refractivity contribution < 1.29 is 4.52 Å². The van der Waals surface area contributed by atoms with E-state index in [9.17, 15) is 0 Å². The van der Waals surface area contributed by atoms with Gasteiger partial charge >= 0.3 is 0 Å². The van der Waals surface area contributed by atoms with E-state index in [-0.39, 0.29) is 0 Å². The van der Waals surface area contributed by atoms with Crippen LogP contribution in [0.2, 0.25) is 0 Å². The van der Waals surface area contributed by atoms with Gasteiger partial charge in [0.1, 0.15) is 11.5 Å². The molecule has 2 nitrogen and oxygen atoms in total. The highest BCUT2D eigenvalue weighted by molar-refractivity contribution is 8.02. The third-order valence-corrected chi connectivity index (χ3v) is 1.81. The molecule has 0 aliphatic heterocycles. The summed E-state index contributed by atoms with van der Waals surface area (Å²) >= 11 is 1.75. The second-order valence-electron chi connectivity index (χ2n) is 2.12. The smallest absolute Gasteiger partial charge is 0.134 e. The van der Waals surface area contributed by atoms with Crippen molar-refractivity contribution in [3.63, 3.8) is 0 Å². The molecular weight excluding hydrogens is 158 g/mol. The third kappa shape index (κ3) is 2.80. The van der Waals surface area contributed by atoms with Crippen LogP contribution in [0, 0.1) is 6.92 Å². The van der Waals surface area contributed by atoms with E-state index in [0.717, 1.165) is 17.2 Å². The van der Waals surface area contributed by atoms with E-state index in [1.165, 1.54) is 0 Å². The predicted molar refractivity (Wildman–Crippen MR) is 48.4 cm³/mol. The molecule has 0 aliphatic carbocycles. The summed E-state index contributed by atoms with van der Waals surface area (Å²) in [5.74, 6) is 1.94. The number of aromatic nitrogens is 1. The first-order valence-electron chi connectivity index (χ1n) is 3.54. The summed E-state index contributed by atoms with van der Waals surface area (Å²) in [5, 5.41) is 5.84. The van der Waals surface area contributed by atoms with Crippen LogP contribution in [-0.2, 0) is 0 Å². The van der Waals surface area contributed by atoms with Gasteiger partial charge in [0.25, 0.3) is 0 Å². The van der Waals surface area contributed by atoms with Crippen LogP contribution in [0.4, 0.5) is 0 Å². The van der Waals surface area contributed by atoms with Gasteiger partial charge in [-0.25, -0.2) is 0 Å². The summed E-state index contributed by atoms with van der Waals surface area (Å²) < 4.78 is 4.88. The van der Waals surface area contributed by atoms with Gasteiger partial charge in [0.15, 0.2) is 0 Å². The minimum absolute atomic E-state index is 0.853. The van der Waals surface area contributed by atoms with Crippen LogP contribution in [0.5, 0.6) is 0 Å². The van der Waals surface area contributed by atoms with Gasteiger partial charge < -0.3 is 4.52 Å². The minimum atomic E-state index is 0.853. The van der Waals surface area contributed by atoms with Crippen molar-refractivity contribution in [3.8, 4) is 0 Å². The Hall–Kier alpha value is -0.700. The molecule has 11 heavy (non-hydrogen) atoms. The fourth-order valence-corrected chi connectivity index (χ4v) is 1.11. The van der Waals surface area contributed by atoms with Crippen molar-refractivity contribution >= 4 is 17.8 Å². The first kappa shape index (κ1) is 8.40. The van der Waals surface area contributed by atoms with Crippen LogP contribution in [-0.4, -0.2) is 10.9 Å². The number of thioether (sulfide) groups is 1. The molecule has 0 amide bonds. The highest BCUT2D eigenvalue weighted by atomic mass is 32.2. The number of hydrogen-bond donors (Lipinski definition) is 0. The van der Waals surface area contributed by atoms with Crippen molar-refractivity contribution in [3.05, 3.63) is 22.9 Å². The lowest BCUT2D eigenvalue weighted by Crippen LogP contribution is -1.65. The van der Waals surface area contributed by atoms with E-state index in [0.29, 0.717) is 0 Å². The molecule has 0 aromatic carbocycles. The Morgan fingerprint density at radius 1 is 1.73 bits per heavy atom. The molecule has 0 N–H and O–H groups in total. The number of hydrogen-bond acceptors (Lipinski definition) is 3. The standard InChI is InChI=1S/C8H11NOS/c1-3-11-5-4-8-6-7(2)10-9-8/h4-6H,3H2,1-2H3. The predicted octanol–water partition coefficient (Wildman–Crippen LogP) is 2.71. The summed E-state index contributed by atoms with van der Waals surface area (Å²) in [4.78, 5) is 0. The molecule has 0 aliphatic rings. The summed E-state index contributed by atoms with van der Waals surface area (Å²) in [7, 11) is 0. The minimum Gasteiger partial charge on any atom is -0.361 e. The van der Waals surface area contributed by atoms with Crippen LogP contribution in [0.1, 0.15) is 18.4 Å². The molecule has 1 rings (SSSR count). The van der Waals surface area contributed by atoms with Crippen LogP contribution in [0.25, 0.3) is 6.08 Å². The average molecular weight is 169 g/mol. The van der Waals surface area contributed by atoms with Gasteiger partial charge in [0, 0.05) is 6.07 Å². The van der Waals surface area contributed by atoms with Gasteiger partial charge in [-0.2, -0.15) is 0 Å². The van der Waals surface area contributed by atoms with Gasteiger partial charge in [-0.05, 0) is 24.2 Å². The molecule has 1 aromatic rings. The number of nitrogens with zero attached hydrogens (tertiary/aromatic N) is 1. The van der Waals surface area contributed by atoms with Crippen molar-refractivity contribution in [2.75, 3.05) is 5.75 Å². The van der Waals surface area contributed by atoms with E-state index in [2.05, 4.69) is 12.1 Å². The van der Waals surface area contributed by atoms with E-state index < -0.39 is 0 Å². The van der Waals surface area contributed by atoms with Crippen LogP contribution < -0.4 is 0 Å². The maximum absolute atomic E-state index is 4.88. The molecule has 3 heteroatoms. The SMILES string of the molecule is CCSC=Cc1cc(C)on1. The van der Waals surface area contributed by atoms with Crippen molar-refractivity contribution in [1.29, 1.82) is 0 Å². The lowest BCUT2D eigenvalue weighted by Gasteiger charge is -1.81. The van der Waals surface area contributed by atoms with Crippen molar-refractivity contribution in [2.24, 2.45) is 0 Å². The quantitative estimate of drug-likeness (QED) is 0.695. The Kier molecular flexibility index (Phi) is 3.23. The molecule has 60 valence electrons. The van der Waals surface area contributed by atoms with Crippen molar-refractivity contribution in [2.45, 2.75) is 13.8 Å². The zero-order chi connectivity index (χ0) is 8.10. The van der Waals surface area contributed by atoms with Gasteiger partial charge in [0.05, 0.1) is 0 Å². The number of rotatable bonds is 3. The largest absolute Gasteiger partial charge is 0.361 e. The topological polar surface area (TPSA) is 26.0 Å². The molecule has 0 saturated carbocycles. The molecule has 0 radical (unpaired) electrons. The number of aryl methyl sites for hydroxylation is 1. The lowest BCUT2D eigenvalue weighted by atomic mass is 10.4. The molecule has 0 atom stereocenters. The Bertz CT molecular complexity index is 242. The first-order valence-corrected chi connectivity index (χ1v) is 4.59. The van der Waals surface area contributed by atoms with Crippen LogP contribution in [0.15, 0.2) is 16.0 Å². The Morgan fingerprint density at radius 2 is 2.55 bits per heavy atom. The summed E-state index contributed by atoms with van der Waals surface area (Å²) in [6, 6.07) is 1.91. The van der Waals surface area contributed by atoms with E-state index in [1.54, 1.807) is 11.8 Å². The Morgan fingerprint density at radius 3 is 3.09 bits per heavy atom. The Labute approximate surface area is 70.7 Å². The monoisotopic (exact) mass is 169 g/mol. The van der Waals surface area contributed by atoms with Gasteiger partial charge in [0.2, 0.25) is 0 Å². The molecule has 0 fully saturated rings. The average Bonchev–Trinajstić information content (AvgIpc) is 2.37. The third-order valence-electron chi connectivity index (χ3n) is 1.15. The molecular formula is C8H11NOS. The normalized spacial score (nSPS) is 11.1. The molecule has 0 unspecified atom stereocenters. The highest BCUT2D eigenvalue weighted by Gasteiger charge is 1.92. The summed E-state index contributed by atoms with van der Waals surface area (Å²) in [6.45, 7) is 4.00. The van der Waals surface area contributed by atoms with Gasteiger partial charge in [-0.15, -0.1) is 11.8 Å². The second-order valence-corrected chi connectivity index (χ2v) is 3.30. The fourth-order valence-electron chi connectivity index (χ4n) is 0.678. The van der Waals surface area contributed by atoms with E-state index in [4.69, 9.17) is 4.52 Å². The van der Waals surface area contributed by atoms with E-state index >= 15 is 0 Å². The second kappa shape index (κ2) is 4.23. The first-order chi connectivity index (χ1) is 5.33. The fraction of sp³-hybridized carbons (Fsp3) is 0.375. The van der Waals surface area contributed by atoms with Gasteiger partial charge in [-0.3, -0.25) is 0 Å². The van der Waals surface area contributed by atoms with Crippen LogP contribution in [0.3, 0.4) is 0 Å². The van der Waals surface area contributed by atoms with Crippen LogP contribution >= 0.6 is 11.8 Å². The maximum Gasteiger partial charge on any atom is 0.134 e. The van der Waals surface area contributed by atoms with Crippen molar-refractivity contribution in [1.82, 2.24) is 5.16 Å². The lowest BCUT2D eigenvalue weighted by molar-refractivity contribution is 0.396. The zero-order valence-electron chi connectivity index (χ0n) is 6.70. The summed E-state index contributed by atoms with van der Waals surface area (Å²) in [6.07, 6.45) is 1.95. The Balaban J connectivity index is 2.50. The zero-order valence-corrected chi connectivity index (χ0v) is 7.52. The highest BCUT2D eigenvalue weighted by Crippen LogP contribution is 2.07. The molecule has 1 heterocycles. The summed E-state index contributed by atoms with van der Waals surface area (Å²) in [5.41, 5.74) is 0.892. The molecule has 0 saturated heterocycles. The van der Waals surface area contributed by atoms with Gasteiger partial charge in [-0.1, -0.05) is 12.1 Å².